The Hall–Kier alpha value is -2.89. The Morgan fingerprint density at radius 2 is 1.84 bits per heavy atom. The zero-order valence-electron chi connectivity index (χ0n) is 13.9. The van der Waals surface area contributed by atoms with E-state index in [0.717, 1.165) is 17.1 Å². The van der Waals surface area contributed by atoms with Gasteiger partial charge in [0.15, 0.2) is 0 Å². The number of carboxylic acid groups (broad SMARTS) is 1. The highest BCUT2D eigenvalue weighted by molar-refractivity contribution is 5.65. The molecule has 0 atom stereocenters. The van der Waals surface area contributed by atoms with Gasteiger partial charge >= 0.3 is 6.09 Å². The standard InChI is InChI=1S/C19H22N2O4/c20-15-4-1-3-14(11-15)13-24-17-5-2-6-18(12-17)25-16-7-9-21(10-8-16)19(22)23/h1-6,11-12,16H,7-10,13,20H2,(H,22,23). The maximum Gasteiger partial charge on any atom is 0.407 e. The van der Waals surface area contributed by atoms with Crippen molar-refractivity contribution in [1.29, 1.82) is 0 Å². The first kappa shape index (κ1) is 17.0. The number of carbonyl (C=O) groups is 1. The van der Waals surface area contributed by atoms with Crippen LogP contribution in [-0.4, -0.2) is 35.3 Å². The van der Waals surface area contributed by atoms with E-state index in [0.29, 0.717) is 38.2 Å². The van der Waals surface area contributed by atoms with Gasteiger partial charge < -0.3 is 25.2 Å². The normalized spacial score (nSPS) is 15.0. The van der Waals surface area contributed by atoms with E-state index >= 15 is 0 Å². The van der Waals surface area contributed by atoms with E-state index in [1.54, 1.807) is 0 Å². The average Bonchev–Trinajstić information content (AvgIpc) is 2.61. The number of nitrogens with zero attached hydrogens (tertiary/aromatic N) is 1. The third-order valence-corrected chi connectivity index (χ3v) is 4.18. The topological polar surface area (TPSA) is 85.0 Å². The molecule has 0 bridgehead atoms. The molecule has 2 aromatic rings. The van der Waals surface area contributed by atoms with E-state index in [1.165, 1.54) is 4.90 Å². The summed E-state index contributed by atoms with van der Waals surface area (Å²) in [5.74, 6) is 1.46. The zero-order valence-corrected chi connectivity index (χ0v) is 13.9. The number of piperidine rings is 1. The maximum absolute atomic E-state index is 10.9. The summed E-state index contributed by atoms with van der Waals surface area (Å²) < 4.78 is 11.8. The quantitative estimate of drug-likeness (QED) is 0.814. The lowest BCUT2D eigenvalue weighted by Crippen LogP contribution is -2.41. The Bertz CT molecular complexity index is 727. The van der Waals surface area contributed by atoms with Crippen LogP contribution in [0.5, 0.6) is 11.5 Å². The molecule has 0 radical (unpaired) electrons. The van der Waals surface area contributed by atoms with Crippen LogP contribution < -0.4 is 15.2 Å². The maximum atomic E-state index is 10.9. The molecule has 1 fully saturated rings. The zero-order chi connectivity index (χ0) is 17.6. The van der Waals surface area contributed by atoms with Crippen molar-refractivity contribution in [3.05, 3.63) is 54.1 Å². The second-order valence-corrected chi connectivity index (χ2v) is 6.10. The van der Waals surface area contributed by atoms with Crippen LogP contribution in [0.25, 0.3) is 0 Å². The van der Waals surface area contributed by atoms with Crippen molar-refractivity contribution < 1.29 is 19.4 Å². The van der Waals surface area contributed by atoms with E-state index in [2.05, 4.69) is 0 Å². The van der Waals surface area contributed by atoms with Gasteiger partial charge in [0.1, 0.15) is 24.2 Å². The van der Waals surface area contributed by atoms with Crippen molar-refractivity contribution in [2.75, 3.05) is 18.8 Å². The molecule has 25 heavy (non-hydrogen) atoms. The van der Waals surface area contributed by atoms with Crippen LogP contribution in [0.4, 0.5) is 10.5 Å². The van der Waals surface area contributed by atoms with Gasteiger partial charge in [0.25, 0.3) is 0 Å². The molecule has 6 heteroatoms. The minimum absolute atomic E-state index is 0.0276. The number of anilines is 1. The number of hydrogen-bond acceptors (Lipinski definition) is 4. The summed E-state index contributed by atoms with van der Waals surface area (Å²) in [4.78, 5) is 12.4. The Kier molecular flexibility index (Phi) is 5.28. The first-order chi connectivity index (χ1) is 12.1. The van der Waals surface area contributed by atoms with E-state index in [4.69, 9.17) is 20.3 Å². The molecule has 1 aliphatic heterocycles. The number of amides is 1. The molecule has 0 unspecified atom stereocenters. The van der Waals surface area contributed by atoms with Gasteiger partial charge in [-0.2, -0.15) is 0 Å². The summed E-state index contributed by atoms with van der Waals surface area (Å²) in [6, 6.07) is 15.1. The Balaban J connectivity index is 1.54. The van der Waals surface area contributed by atoms with Crippen LogP contribution in [0.1, 0.15) is 18.4 Å². The fourth-order valence-corrected chi connectivity index (χ4v) is 2.84. The molecule has 2 aromatic carbocycles. The molecule has 6 nitrogen and oxygen atoms in total. The van der Waals surface area contributed by atoms with Gasteiger partial charge in [0.05, 0.1) is 0 Å². The van der Waals surface area contributed by atoms with Gasteiger partial charge in [0.2, 0.25) is 0 Å². The van der Waals surface area contributed by atoms with Crippen molar-refractivity contribution in [2.45, 2.75) is 25.6 Å². The van der Waals surface area contributed by atoms with Crippen LogP contribution in [-0.2, 0) is 6.61 Å². The van der Waals surface area contributed by atoms with Gasteiger partial charge in [-0.3, -0.25) is 0 Å². The summed E-state index contributed by atoms with van der Waals surface area (Å²) in [6.45, 7) is 1.45. The minimum Gasteiger partial charge on any atom is -0.490 e. The molecule has 3 rings (SSSR count). The number of nitrogen functional groups attached to an aromatic ring is 1. The largest absolute Gasteiger partial charge is 0.490 e. The number of ether oxygens (including phenoxy) is 2. The van der Waals surface area contributed by atoms with Crippen LogP contribution in [0.15, 0.2) is 48.5 Å². The minimum atomic E-state index is -0.865. The van der Waals surface area contributed by atoms with E-state index in [-0.39, 0.29) is 6.10 Å². The fraction of sp³-hybridized carbons (Fsp3) is 0.316. The van der Waals surface area contributed by atoms with E-state index < -0.39 is 6.09 Å². The molecular weight excluding hydrogens is 320 g/mol. The predicted octanol–water partition coefficient (Wildman–Crippen LogP) is 3.37. The molecule has 132 valence electrons. The second-order valence-electron chi connectivity index (χ2n) is 6.10. The summed E-state index contributed by atoms with van der Waals surface area (Å²) >= 11 is 0. The highest BCUT2D eigenvalue weighted by atomic mass is 16.5. The smallest absolute Gasteiger partial charge is 0.407 e. The van der Waals surface area contributed by atoms with Crippen LogP contribution in [0, 0.1) is 0 Å². The summed E-state index contributed by atoms with van der Waals surface area (Å²) in [5, 5.41) is 8.98. The molecule has 0 aromatic heterocycles. The number of hydrogen-bond donors (Lipinski definition) is 2. The highest BCUT2D eigenvalue weighted by Gasteiger charge is 2.23. The summed E-state index contributed by atoms with van der Waals surface area (Å²) in [5.41, 5.74) is 7.49. The molecule has 0 spiro atoms. The Morgan fingerprint density at radius 1 is 1.12 bits per heavy atom. The lowest BCUT2D eigenvalue weighted by Gasteiger charge is -2.30. The number of nitrogens with two attached hydrogens (primary N) is 1. The summed E-state index contributed by atoms with van der Waals surface area (Å²) in [7, 11) is 0. The van der Waals surface area contributed by atoms with Gasteiger partial charge in [-0.25, -0.2) is 4.79 Å². The first-order valence-electron chi connectivity index (χ1n) is 8.32. The molecule has 1 saturated heterocycles. The van der Waals surface area contributed by atoms with Crippen molar-refractivity contribution in [3.63, 3.8) is 0 Å². The van der Waals surface area contributed by atoms with Crippen molar-refractivity contribution in [2.24, 2.45) is 0 Å². The fourth-order valence-electron chi connectivity index (χ4n) is 2.84. The monoisotopic (exact) mass is 342 g/mol. The lowest BCUT2D eigenvalue weighted by molar-refractivity contribution is 0.0893. The van der Waals surface area contributed by atoms with Gasteiger partial charge in [-0.15, -0.1) is 0 Å². The SMILES string of the molecule is Nc1cccc(COc2cccc(OC3CCN(C(=O)O)CC3)c2)c1. The third kappa shape index (κ3) is 4.79. The van der Waals surface area contributed by atoms with Crippen molar-refractivity contribution >= 4 is 11.8 Å². The van der Waals surface area contributed by atoms with Gasteiger partial charge in [0, 0.05) is 37.7 Å². The molecular formula is C19H22N2O4. The van der Waals surface area contributed by atoms with Crippen molar-refractivity contribution in [1.82, 2.24) is 4.90 Å². The lowest BCUT2D eigenvalue weighted by atomic mass is 10.1. The molecule has 0 saturated carbocycles. The van der Waals surface area contributed by atoms with Crippen molar-refractivity contribution in [3.8, 4) is 11.5 Å². The molecule has 1 amide bonds. The number of likely N-dealkylation sites (tertiary alicyclic amines) is 1. The van der Waals surface area contributed by atoms with Crippen LogP contribution in [0.3, 0.4) is 0 Å². The molecule has 1 heterocycles. The Morgan fingerprint density at radius 3 is 2.56 bits per heavy atom. The Labute approximate surface area is 146 Å². The van der Waals surface area contributed by atoms with Crippen LogP contribution >= 0.6 is 0 Å². The third-order valence-electron chi connectivity index (χ3n) is 4.18. The first-order valence-corrected chi connectivity index (χ1v) is 8.32. The molecule has 3 N–H and O–H groups in total. The molecule has 1 aliphatic rings. The van der Waals surface area contributed by atoms with E-state index in [9.17, 15) is 4.79 Å². The number of rotatable bonds is 5. The van der Waals surface area contributed by atoms with E-state index in [1.807, 2.05) is 48.5 Å². The predicted molar refractivity (Wildman–Crippen MR) is 94.9 cm³/mol. The molecule has 0 aliphatic carbocycles. The van der Waals surface area contributed by atoms with Gasteiger partial charge in [-0.1, -0.05) is 18.2 Å². The number of benzene rings is 2. The van der Waals surface area contributed by atoms with Gasteiger partial charge in [-0.05, 0) is 29.8 Å². The second kappa shape index (κ2) is 7.79. The summed E-state index contributed by atoms with van der Waals surface area (Å²) in [6.07, 6.45) is 0.552. The highest BCUT2D eigenvalue weighted by Crippen LogP contribution is 2.24. The average molecular weight is 342 g/mol. The van der Waals surface area contributed by atoms with Crippen LogP contribution in [0.2, 0.25) is 0 Å².